The van der Waals surface area contributed by atoms with Crippen molar-refractivity contribution in [2.24, 2.45) is 0 Å². The summed E-state index contributed by atoms with van der Waals surface area (Å²) < 4.78 is 9.57. The van der Waals surface area contributed by atoms with E-state index in [1.807, 2.05) is 13.8 Å². The van der Waals surface area contributed by atoms with Gasteiger partial charge in [-0.2, -0.15) is 4.37 Å². The normalized spacial score (nSPS) is 12.3. The van der Waals surface area contributed by atoms with Crippen molar-refractivity contribution in [1.82, 2.24) is 9.69 Å². The van der Waals surface area contributed by atoms with E-state index in [-0.39, 0.29) is 18.1 Å². The van der Waals surface area contributed by atoms with Crippen LogP contribution in [-0.4, -0.2) is 29.5 Å². The minimum Gasteiger partial charge on any atom is -0.484 e. The molecule has 0 aliphatic heterocycles. The van der Waals surface area contributed by atoms with E-state index in [0.717, 1.165) is 0 Å². The van der Waals surface area contributed by atoms with Crippen LogP contribution < -0.4 is 21.1 Å². The quantitative estimate of drug-likeness (QED) is 0.735. The standard InChI is InChI=1S/C10H18N4O2S/c1-5(2)16-7-8(11)14-17-10(7)13-6(3)9(15)12-4/h5-6,13H,1-4H3,(H2,11,14)(H,12,15). The van der Waals surface area contributed by atoms with Gasteiger partial charge in [-0.05, 0) is 32.3 Å². The highest BCUT2D eigenvalue weighted by molar-refractivity contribution is 7.11. The van der Waals surface area contributed by atoms with Crippen molar-refractivity contribution in [3.63, 3.8) is 0 Å². The third-order valence-corrected chi connectivity index (χ3v) is 2.79. The zero-order valence-electron chi connectivity index (χ0n) is 10.4. The van der Waals surface area contributed by atoms with Crippen LogP contribution in [0.25, 0.3) is 0 Å². The highest BCUT2D eigenvalue weighted by Gasteiger charge is 2.18. The predicted molar refractivity (Wildman–Crippen MR) is 69.4 cm³/mol. The monoisotopic (exact) mass is 258 g/mol. The number of hydrogen-bond donors (Lipinski definition) is 3. The number of likely N-dealkylation sites (N-methyl/N-ethyl adjacent to an activating group) is 1. The second-order valence-corrected chi connectivity index (χ2v) is 4.65. The molecule has 0 saturated heterocycles. The molecule has 0 aliphatic rings. The number of rotatable bonds is 5. The van der Waals surface area contributed by atoms with Crippen LogP contribution in [-0.2, 0) is 4.79 Å². The molecule has 96 valence electrons. The molecule has 1 heterocycles. The van der Waals surface area contributed by atoms with Crippen LogP contribution in [0.2, 0.25) is 0 Å². The third-order valence-electron chi connectivity index (χ3n) is 2.01. The zero-order chi connectivity index (χ0) is 13.0. The number of amides is 1. The van der Waals surface area contributed by atoms with E-state index >= 15 is 0 Å². The average molecular weight is 258 g/mol. The maximum absolute atomic E-state index is 11.4. The molecule has 0 spiro atoms. The zero-order valence-corrected chi connectivity index (χ0v) is 11.2. The number of aromatic nitrogens is 1. The molecule has 6 nitrogen and oxygen atoms in total. The summed E-state index contributed by atoms with van der Waals surface area (Å²) in [5, 5.41) is 6.26. The lowest BCUT2D eigenvalue weighted by molar-refractivity contribution is -0.121. The van der Waals surface area contributed by atoms with Gasteiger partial charge in [0.15, 0.2) is 16.6 Å². The number of nitrogens with two attached hydrogens (primary N) is 1. The van der Waals surface area contributed by atoms with Gasteiger partial charge in [0, 0.05) is 7.05 Å². The van der Waals surface area contributed by atoms with Gasteiger partial charge in [-0.25, -0.2) is 0 Å². The molecule has 0 bridgehead atoms. The van der Waals surface area contributed by atoms with Gasteiger partial charge < -0.3 is 21.1 Å². The fourth-order valence-electron chi connectivity index (χ4n) is 1.21. The smallest absolute Gasteiger partial charge is 0.241 e. The molecule has 1 rings (SSSR count). The molecule has 1 atom stereocenters. The van der Waals surface area contributed by atoms with Gasteiger partial charge in [0.1, 0.15) is 6.04 Å². The van der Waals surface area contributed by atoms with Crippen molar-refractivity contribution < 1.29 is 9.53 Å². The summed E-state index contributed by atoms with van der Waals surface area (Å²) in [6.45, 7) is 5.57. The van der Waals surface area contributed by atoms with Crippen LogP contribution in [0.4, 0.5) is 10.8 Å². The molecule has 7 heteroatoms. The summed E-state index contributed by atoms with van der Waals surface area (Å²) in [5.41, 5.74) is 5.71. The second kappa shape index (κ2) is 5.72. The molecule has 0 fully saturated rings. The number of anilines is 2. The van der Waals surface area contributed by atoms with Crippen molar-refractivity contribution in [3.8, 4) is 5.75 Å². The van der Waals surface area contributed by atoms with E-state index in [1.165, 1.54) is 11.5 Å². The number of hydrogen-bond acceptors (Lipinski definition) is 6. The first-order valence-electron chi connectivity index (χ1n) is 5.35. The summed E-state index contributed by atoms with van der Waals surface area (Å²) in [4.78, 5) is 11.4. The Balaban J connectivity index is 2.80. The van der Waals surface area contributed by atoms with Crippen molar-refractivity contribution in [1.29, 1.82) is 0 Å². The molecule has 0 aromatic carbocycles. The SMILES string of the molecule is CNC(=O)C(C)Nc1snc(N)c1OC(C)C. The number of carbonyl (C=O) groups is 1. The number of carbonyl (C=O) groups excluding carboxylic acids is 1. The van der Waals surface area contributed by atoms with Gasteiger partial charge in [0.05, 0.1) is 6.10 Å². The molecule has 4 N–H and O–H groups in total. The van der Waals surface area contributed by atoms with E-state index in [4.69, 9.17) is 10.5 Å². The lowest BCUT2D eigenvalue weighted by atomic mass is 10.3. The van der Waals surface area contributed by atoms with Crippen molar-refractivity contribution in [3.05, 3.63) is 0 Å². The van der Waals surface area contributed by atoms with Crippen LogP contribution in [0.1, 0.15) is 20.8 Å². The first kappa shape index (κ1) is 13.6. The van der Waals surface area contributed by atoms with Crippen LogP contribution in [0, 0.1) is 0 Å². The van der Waals surface area contributed by atoms with Gasteiger partial charge in [-0.15, -0.1) is 0 Å². The summed E-state index contributed by atoms with van der Waals surface area (Å²) in [5.74, 6) is 0.753. The summed E-state index contributed by atoms with van der Waals surface area (Å²) in [6, 6.07) is -0.366. The molecule has 0 saturated carbocycles. The Morgan fingerprint density at radius 2 is 2.12 bits per heavy atom. The minimum absolute atomic E-state index is 0.00422. The summed E-state index contributed by atoms with van der Waals surface area (Å²) >= 11 is 1.18. The van der Waals surface area contributed by atoms with Crippen LogP contribution in [0.3, 0.4) is 0 Å². The van der Waals surface area contributed by atoms with Gasteiger partial charge >= 0.3 is 0 Å². The molecule has 17 heavy (non-hydrogen) atoms. The Hall–Kier alpha value is -1.50. The van der Waals surface area contributed by atoms with E-state index in [1.54, 1.807) is 14.0 Å². The van der Waals surface area contributed by atoms with Gasteiger partial charge in [0.25, 0.3) is 0 Å². The maximum atomic E-state index is 11.4. The van der Waals surface area contributed by atoms with E-state index in [9.17, 15) is 4.79 Å². The van der Waals surface area contributed by atoms with Crippen molar-refractivity contribution in [2.75, 3.05) is 18.1 Å². The molecular formula is C10H18N4O2S. The van der Waals surface area contributed by atoms with E-state index in [2.05, 4.69) is 15.0 Å². The molecule has 0 radical (unpaired) electrons. The fourth-order valence-corrected chi connectivity index (χ4v) is 1.95. The Kier molecular flexibility index (Phi) is 4.56. The Labute approximate surface area is 105 Å². The molecule has 1 aromatic rings. The van der Waals surface area contributed by atoms with Gasteiger partial charge in [0.2, 0.25) is 5.91 Å². The number of nitrogens with zero attached hydrogens (tertiary/aromatic N) is 1. The molecule has 1 unspecified atom stereocenters. The van der Waals surface area contributed by atoms with E-state index in [0.29, 0.717) is 16.6 Å². The highest BCUT2D eigenvalue weighted by Crippen LogP contribution is 2.36. The Bertz CT molecular complexity index is 392. The second-order valence-electron chi connectivity index (χ2n) is 3.87. The summed E-state index contributed by atoms with van der Waals surface area (Å²) in [7, 11) is 1.59. The van der Waals surface area contributed by atoms with E-state index < -0.39 is 0 Å². The topological polar surface area (TPSA) is 89.3 Å². The van der Waals surface area contributed by atoms with Crippen LogP contribution in [0.15, 0.2) is 0 Å². The molecule has 1 aromatic heterocycles. The molecule has 1 amide bonds. The van der Waals surface area contributed by atoms with Crippen molar-refractivity contribution in [2.45, 2.75) is 32.9 Å². The van der Waals surface area contributed by atoms with Crippen LogP contribution >= 0.6 is 11.5 Å². The predicted octanol–water partition coefficient (Wildman–Crippen LogP) is 1.06. The summed E-state index contributed by atoms with van der Waals surface area (Å²) in [6.07, 6.45) is 0.00422. The average Bonchev–Trinajstić information content (AvgIpc) is 2.59. The first-order chi connectivity index (χ1) is 7.95. The maximum Gasteiger partial charge on any atom is 0.241 e. The Morgan fingerprint density at radius 3 is 2.65 bits per heavy atom. The molecular weight excluding hydrogens is 240 g/mol. The Morgan fingerprint density at radius 1 is 1.47 bits per heavy atom. The highest BCUT2D eigenvalue weighted by atomic mass is 32.1. The number of nitrogen functional groups attached to an aromatic ring is 1. The van der Waals surface area contributed by atoms with Crippen LogP contribution in [0.5, 0.6) is 5.75 Å². The lowest BCUT2D eigenvalue weighted by Gasteiger charge is -2.15. The van der Waals surface area contributed by atoms with Gasteiger partial charge in [-0.3, -0.25) is 4.79 Å². The minimum atomic E-state index is -0.366. The number of nitrogens with one attached hydrogen (secondary N) is 2. The molecule has 0 aliphatic carbocycles. The lowest BCUT2D eigenvalue weighted by Crippen LogP contribution is -2.35. The first-order valence-corrected chi connectivity index (χ1v) is 6.13. The third kappa shape index (κ3) is 3.48. The largest absolute Gasteiger partial charge is 0.484 e. The number of ether oxygens (including phenoxy) is 1. The fraction of sp³-hybridized carbons (Fsp3) is 0.600. The van der Waals surface area contributed by atoms with Crippen molar-refractivity contribution >= 4 is 28.3 Å². The van der Waals surface area contributed by atoms with Gasteiger partial charge in [-0.1, -0.05) is 0 Å².